The summed E-state index contributed by atoms with van der Waals surface area (Å²) < 4.78 is 28.2. The number of ether oxygens (including phenoxy) is 1. The summed E-state index contributed by atoms with van der Waals surface area (Å²) in [4.78, 5) is 2.30. The second-order valence-electron chi connectivity index (χ2n) is 5.12. The smallest absolute Gasteiger partial charge is 0.379 e. The Morgan fingerprint density at radius 1 is 1.33 bits per heavy atom. The SMILES string of the molecule is COP(=O)(OC(C)(C)C)SCCN1CCOCC1. The average molecular weight is 297 g/mol. The van der Waals surface area contributed by atoms with Crippen LogP contribution in [0.1, 0.15) is 20.8 Å². The minimum Gasteiger partial charge on any atom is -0.379 e. The van der Waals surface area contributed by atoms with Gasteiger partial charge in [-0.3, -0.25) is 9.42 Å². The first kappa shape index (κ1) is 16.5. The molecule has 7 heteroatoms. The van der Waals surface area contributed by atoms with Crippen molar-refractivity contribution in [2.45, 2.75) is 26.4 Å². The van der Waals surface area contributed by atoms with Crippen molar-refractivity contribution in [2.24, 2.45) is 0 Å². The van der Waals surface area contributed by atoms with Crippen LogP contribution in [0.5, 0.6) is 0 Å². The summed E-state index contributed by atoms with van der Waals surface area (Å²) in [6.07, 6.45) is 0. The topological polar surface area (TPSA) is 48.0 Å². The van der Waals surface area contributed by atoms with Crippen molar-refractivity contribution in [3.8, 4) is 0 Å². The number of hydrogen-bond acceptors (Lipinski definition) is 6. The van der Waals surface area contributed by atoms with Gasteiger partial charge >= 0.3 is 6.80 Å². The Kier molecular flexibility index (Phi) is 6.65. The van der Waals surface area contributed by atoms with E-state index in [1.54, 1.807) is 0 Å². The molecular formula is C11H24NO4PS. The molecule has 0 radical (unpaired) electrons. The fourth-order valence-electron chi connectivity index (χ4n) is 1.56. The molecule has 1 rings (SSSR count). The third-order valence-corrected chi connectivity index (χ3v) is 6.44. The first-order valence-electron chi connectivity index (χ1n) is 6.16. The second-order valence-corrected chi connectivity index (χ2v) is 9.35. The van der Waals surface area contributed by atoms with Crippen LogP contribution >= 0.6 is 18.2 Å². The number of rotatable bonds is 6. The minimum absolute atomic E-state index is 0.461. The molecule has 0 amide bonds. The van der Waals surface area contributed by atoms with Crippen LogP contribution in [0.15, 0.2) is 0 Å². The highest BCUT2D eigenvalue weighted by Crippen LogP contribution is 2.62. The summed E-state index contributed by atoms with van der Waals surface area (Å²) in [5, 5.41) is 0. The van der Waals surface area contributed by atoms with Gasteiger partial charge in [0.15, 0.2) is 0 Å². The fourth-order valence-corrected chi connectivity index (χ4v) is 5.09. The van der Waals surface area contributed by atoms with Crippen LogP contribution in [0.3, 0.4) is 0 Å². The van der Waals surface area contributed by atoms with E-state index in [4.69, 9.17) is 13.8 Å². The third-order valence-electron chi connectivity index (χ3n) is 2.37. The van der Waals surface area contributed by atoms with E-state index < -0.39 is 12.4 Å². The van der Waals surface area contributed by atoms with Gasteiger partial charge < -0.3 is 9.26 Å². The van der Waals surface area contributed by atoms with Gasteiger partial charge in [0, 0.05) is 32.5 Å². The Hall–Kier alpha value is 0.420. The van der Waals surface area contributed by atoms with Gasteiger partial charge in [-0.15, -0.1) is 0 Å². The summed E-state index contributed by atoms with van der Waals surface area (Å²) in [6.45, 7) is 6.93. The van der Waals surface area contributed by atoms with Crippen molar-refractivity contribution in [2.75, 3.05) is 45.7 Å². The van der Waals surface area contributed by atoms with Crippen LogP contribution in [0.4, 0.5) is 0 Å². The van der Waals surface area contributed by atoms with E-state index in [9.17, 15) is 4.57 Å². The summed E-state index contributed by atoms with van der Waals surface area (Å²) in [6, 6.07) is 0. The van der Waals surface area contributed by atoms with Gasteiger partial charge in [-0.1, -0.05) is 0 Å². The van der Waals surface area contributed by atoms with E-state index in [-0.39, 0.29) is 0 Å². The molecule has 5 nitrogen and oxygen atoms in total. The lowest BCUT2D eigenvalue weighted by Crippen LogP contribution is -2.37. The third kappa shape index (κ3) is 6.55. The molecular weight excluding hydrogens is 273 g/mol. The molecule has 1 atom stereocenters. The maximum atomic E-state index is 12.3. The monoisotopic (exact) mass is 297 g/mol. The number of morpholine rings is 1. The fraction of sp³-hybridized carbons (Fsp3) is 1.00. The Bertz CT molecular complexity index is 289. The number of hydrogen-bond donors (Lipinski definition) is 0. The van der Waals surface area contributed by atoms with Gasteiger partial charge in [-0.25, -0.2) is 4.57 Å². The van der Waals surface area contributed by atoms with Crippen molar-refractivity contribution in [1.82, 2.24) is 4.90 Å². The van der Waals surface area contributed by atoms with E-state index in [1.807, 2.05) is 20.8 Å². The average Bonchev–Trinajstić information content (AvgIpc) is 2.28. The van der Waals surface area contributed by atoms with Gasteiger partial charge in [-0.05, 0) is 32.2 Å². The summed E-state index contributed by atoms with van der Waals surface area (Å²) in [5.41, 5.74) is -0.461. The van der Waals surface area contributed by atoms with Crippen molar-refractivity contribution in [1.29, 1.82) is 0 Å². The van der Waals surface area contributed by atoms with Gasteiger partial charge in [0.05, 0.1) is 18.8 Å². The predicted molar refractivity (Wildman–Crippen MR) is 75.2 cm³/mol. The molecule has 0 aliphatic carbocycles. The Balaban J connectivity index is 2.32. The summed E-state index contributed by atoms with van der Waals surface area (Å²) in [7, 11) is 1.44. The molecule has 1 unspecified atom stereocenters. The molecule has 0 saturated carbocycles. The summed E-state index contributed by atoms with van der Waals surface area (Å²) in [5.74, 6) is 0.737. The van der Waals surface area contributed by atoms with E-state index in [0.29, 0.717) is 0 Å². The maximum absolute atomic E-state index is 12.3. The highest BCUT2D eigenvalue weighted by Gasteiger charge is 2.30. The van der Waals surface area contributed by atoms with Crippen molar-refractivity contribution in [3.63, 3.8) is 0 Å². The molecule has 1 fully saturated rings. The molecule has 1 heterocycles. The van der Waals surface area contributed by atoms with E-state index in [1.165, 1.54) is 18.5 Å². The highest BCUT2D eigenvalue weighted by atomic mass is 32.7. The van der Waals surface area contributed by atoms with Crippen LogP contribution in [0.2, 0.25) is 0 Å². The molecule has 0 spiro atoms. The van der Waals surface area contributed by atoms with Crippen LogP contribution < -0.4 is 0 Å². The van der Waals surface area contributed by atoms with Gasteiger partial charge in [0.2, 0.25) is 0 Å². The molecule has 1 saturated heterocycles. The maximum Gasteiger partial charge on any atom is 0.389 e. The van der Waals surface area contributed by atoms with Crippen molar-refractivity contribution in [3.05, 3.63) is 0 Å². The van der Waals surface area contributed by atoms with Crippen LogP contribution in [-0.2, 0) is 18.3 Å². The molecule has 0 bridgehead atoms. The van der Waals surface area contributed by atoms with Crippen molar-refractivity contribution < 1.29 is 18.3 Å². The first-order chi connectivity index (χ1) is 8.35. The molecule has 0 aromatic carbocycles. The van der Waals surface area contributed by atoms with Crippen molar-refractivity contribution >= 4 is 18.2 Å². The lowest BCUT2D eigenvalue weighted by atomic mass is 10.2. The Labute approximate surface area is 114 Å². The standard InChI is InChI=1S/C11H24NO4PS/c1-11(2,3)16-17(13,14-4)18-10-7-12-5-8-15-9-6-12/h5-10H2,1-4H3. The van der Waals surface area contributed by atoms with Gasteiger partial charge in [0.1, 0.15) is 0 Å². The molecule has 108 valence electrons. The van der Waals surface area contributed by atoms with Crippen LogP contribution in [0, 0.1) is 0 Å². The Morgan fingerprint density at radius 2 is 1.94 bits per heavy atom. The van der Waals surface area contributed by atoms with Crippen LogP contribution in [0.25, 0.3) is 0 Å². The lowest BCUT2D eigenvalue weighted by Gasteiger charge is -2.28. The molecule has 1 aliphatic rings. The Morgan fingerprint density at radius 3 is 2.44 bits per heavy atom. The minimum atomic E-state index is -3.03. The van der Waals surface area contributed by atoms with Gasteiger partial charge in [0.25, 0.3) is 0 Å². The van der Waals surface area contributed by atoms with Gasteiger partial charge in [-0.2, -0.15) is 0 Å². The largest absolute Gasteiger partial charge is 0.389 e. The van der Waals surface area contributed by atoms with E-state index in [2.05, 4.69) is 4.90 Å². The molecule has 1 aliphatic heterocycles. The lowest BCUT2D eigenvalue weighted by molar-refractivity contribution is 0.0410. The zero-order valence-corrected chi connectivity index (χ0v) is 13.4. The quantitative estimate of drug-likeness (QED) is 0.702. The van der Waals surface area contributed by atoms with E-state index >= 15 is 0 Å². The predicted octanol–water partition coefficient (Wildman–Crippen LogP) is 2.62. The molecule has 18 heavy (non-hydrogen) atoms. The molecule has 0 N–H and O–H groups in total. The zero-order valence-electron chi connectivity index (χ0n) is 11.7. The van der Waals surface area contributed by atoms with Crippen LogP contribution in [-0.4, -0.2) is 56.2 Å². The number of nitrogens with zero attached hydrogens (tertiary/aromatic N) is 1. The zero-order chi connectivity index (χ0) is 13.6. The molecule has 0 aromatic heterocycles. The highest BCUT2D eigenvalue weighted by molar-refractivity contribution is 8.55. The normalized spacial score (nSPS) is 21.8. The molecule has 0 aromatic rings. The second kappa shape index (κ2) is 7.27. The summed E-state index contributed by atoms with van der Waals surface area (Å²) >= 11 is 1.27. The van der Waals surface area contributed by atoms with E-state index in [0.717, 1.165) is 38.6 Å². The first-order valence-corrected chi connectivity index (χ1v) is 9.29.